The van der Waals surface area contributed by atoms with Gasteiger partial charge in [-0.05, 0) is 42.5 Å². The van der Waals surface area contributed by atoms with Gasteiger partial charge in [-0.3, -0.25) is 0 Å². The van der Waals surface area contributed by atoms with E-state index in [9.17, 15) is 0 Å². The first-order chi connectivity index (χ1) is 8.20. The standard InChI is InChI=1S/C14H19N3/c1-11-3-2-8-17(10-11)13-4-5-14(16)12(9-13)6-7-15/h4-5,9,11H,2-3,6,8,10,16H2,1H3. The maximum absolute atomic E-state index is 8.77. The first-order valence-electron chi connectivity index (χ1n) is 6.21. The molecule has 1 fully saturated rings. The molecule has 1 aromatic rings. The summed E-state index contributed by atoms with van der Waals surface area (Å²) in [6.07, 6.45) is 2.96. The van der Waals surface area contributed by atoms with Gasteiger partial charge in [-0.25, -0.2) is 0 Å². The molecular weight excluding hydrogens is 210 g/mol. The van der Waals surface area contributed by atoms with E-state index in [1.165, 1.54) is 18.5 Å². The van der Waals surface area contributed by atoms with Gasteiger partial charge in [0.15, 0.2) is 0 Å². The van der Waals surface area contributed by atoms with Crippen molar-refractivity contribution in [2.45, 2.75) is 26.2 Å². The zero-order valence-corrected chi connectivity index (χ0v) is 10.3. The van der Waals surface area contributed by atoms with Crippen molar-refractivity contribution in [1.82, 2.24) is 0 Å². The van der Waals surface area contributed by atoms with Crippen LogP contribution in [-0.4, -0.2) is 13.1 Å². The fourth-order valence-electron chi connectivity index (χ4n) is 2.45. The van der Waals surface area contributed by atoms with Crippen LogP contribution in [0.15, 0.2) is 18.2 Å². The number of hydrogen-bond donors (Lipinski definition) is 1. The van der Waals surface area contributed by atoms with E-state index in [1.54, 1.807) is 0 Å². The SMILES string of the molecule is CC1CCCN(c2ccc(N)c(CC#N)c2)C1. The summed E-state index contributed by atoms with van der Waals surface area (Å²) in [6, 6.07) is 8.21. The third kappa shape index (κ3) is 2.71. The zero-order chi connectivity index (χ0) is 12.3. The molecule has 0 aliphatic carbocycles. The molecule has 3 nitrogen and oxygen atoms in total. The Morgan fingerprint density at radius 3 is 3.06 bits per heavy atom. The van der Waals surface area contributed by atoms with Crippen LogP contribution in [0.3, 0.4) is 0 Å². The molecule has 1 aliphatic rings. The number of hydrogen-bond acceptors (Lipinski definition) is 3. The summed E-state index contributed by atoms with van der Waals surface area (Å²) in [5, 5.41) is 8.77. The van der Waals surface area contributed by atoms with Gasteiger partial charge in [0.05, 0.1) is 12.5 Å². The molecular formula is C14H19N3. The van der Waals surface area contributed by atoms with Gasteiger partial charge in [0.2, 0.25) is 0 Å². The molecule has 0 amide bonds. The second-order valence-electron chi connectivity index (χ2n) is 4.91. The number of piperidine rings is 1. The Labute approximate surface area is 103 Å². The average molecular weight is 229 g/mol. The van der Waals surface area contributed by atoms with E-state index in [2.05, 4.69) is 30.0 Å². The molecule has 0 bridgehead atoms. The van der Waals surface area contributed by atoms with Crippen molar-refractivity contribution >= 4 is 11.4 Å². The van der Waals surface area contributed by atoms with Crippen molar-refractivity contribution < 1.29 is 0 Å². The van der Waals surface area contributed by atoms with Crippen molar-refractivity contribution in [2.24, 2.45) is 5.92 Å². The molecule has 1 heterocycles. The number of nitrogens with two attached hydrogens (primary N) is 1. The summed E-state index contributed by atoms with van der Waals surface area (Å²) in [6.45, 7) is 4.51. The number of anilines is 2. The van der Waals surface area contributed by atoms with E-state index in [4.69, 9.17) is 11.0 Å². The number of nitrogen functional groups attached to an aromatic ring is 1. The minimum atomic E-state index is 0.392. The highest BCUT2D eigenvalue weighted by molar-refractivity contribution is 5.59. The van der Waals surface area contributed by atoms with Gasteiger partial charge in [-0.2, -0.15) is 5.26 Å². The lowest BCUT2D eigenvalue weighted by atomic mass is 9.99. The molecule has 0 radical (unpaired) electrons. The highest BCUT2D eigenvalue weighted by Crippen LogP contribution is 2.26. The molecule has 17 heavy (non-hydrogen) atoms. The largest absolute Gasteiger partial charge is 0.398 e. The Balaban J connectivity index is 2.21. The quantitative estimate of drug-likeness (QED) is 0.793. The second kappa shape index (κ2) is 5.09. The van der Waals surface area contributed by atoms with Crippen molar-refractivity contribution in [3.05, 3.63) is 23.8 Å². The van der Waals surface area contributed by atoms with E-state index >= 15 is 0 Å². The van der Waals surface area contributed by atoms with E-state index in [0.29, 0.717) is 6.42 Å². The van der Waals surface area contributed by atoms with Crippen LogP contribution in [0.5, 0.6) is 0 Å². The normalized spacial score (nSPS) is 20.0. The molecule has 1 aromatic carbocycles. The molecule has 1 aliphatic heterocycles. The number of nitriles is 1. The Morgan fingerprint density at radius 1 is 1.53 bits per heavy atom. The van der Waals surface area contributed by atoms with E-state index in [-0.39, 0.29) is 0 Å². The highest BCUT2D eigenvalue weighted by atomic mass is 15.1. The molecule has 0 saturated carbocycles. The molecule has 2 rings (SSSR count). The van der Waals surface area contributed by atoms with E-state index in [1.807, 2.05) is 6.07 Å². The third-order valence-corrected chi connectivity index (χ3v) is 3.42. The first-order valence-corrected chi connectivity index (χ1v) is 6.21. The van der Waals surface area contributed by atoms with Crippen LogP contribution in [-0.2, 0) is 6.42 Å². The van der Waals surface area contributed by atoms with Crippen molar-refractivity contribution in [3.63, 3.8) is 0 Å². The van der Waals surface area contributed by atoms with Gasteiger partial charge in [0.1, 0.15) is 0 Å². The first kappa shape index (κ1) is 11.8. The fraction of sp³-hybridized carbons (Fsp3) is 0.500. The van der Waals surface area contributed by atoms with Crippen LogP contribution in [0.2, 0.25) is 0 Å². The minimum Gasteiger partial charge on any atom is -0.398 e. The molecule has 2 N–H and O–H groups in total. The van der Waals surface area contributed by atoms with E-state index in [0.717, 1.165) is 30.3 Å². The van der Waals surface area contributed by atoms with Crippen molar-refractivity contribution in [2.75, 3.05) is 23.7 Å². The van der Waals surface area contributed by atoms with Crippen LogP contribution in [0.4, 0.5) is 11.4 Å². The minimum absolute atomic E-state index is 0.392. The number of rotatable bonds is 2. The predicted octanol–water partition coefficient (Wildman–Crippen LogP) is 2.57. The molecule has 0 spiro atoms. The lowest BCUT2D eigenvalue weighted by Gasteiger charge is -2.33. The Bertz CT molecular complexity index is 434. The Kier molecular flexibility index (Phi) is 3.53. The van der Waals surface area contributed by atoms with Crippen LogP contribution < -0.4 is 10.6 Å². The van der Waals surface area contributed by atoms with Crippen LogP contribution >= 0.6 is 0 Å². The summed E-state index contributed by atoms with van der Waals surface area (Å²) >= 11 is 0. The van der Waals surface area contributed by atoms with Gasteiger partial charge in [0.25, 0.3) is 0 Å². The zero-order valence-electron chi connectivity index (χ0n) is 10.3. The lowest BCUT2D eigenvalue weighted by molar-refractivity contribution is 0.447. The third-order valence-electron chi connectivity index (χ3n) is 3.42. The van der Waals surface area contributed by atoms with Gasteiger partial charge in [0, 0.05) is 24.5 Å². The van der Waals surface area contributed by atoms with Crippen LogP contribution in [0.25, 0.3) is 0 Å². The molecule has 1 unspecified atom stereocenters. The fourth-order valence-corrected chi connectivity index (χ4v) is 2.45. The van der Waals surface area contributed by atoms with E-state index < -0.39 is 0 Å². The van der Waals surface area contributed by atoms with Gasteiger partial charge >= 0.3 is 0 Å². The summed E-state index contributed by atoms with van der Waals surface area (Å²) in [5.74, 6) is 0.751. The van der Waals surface area contributed by atoms with Gasteiger partial charge in [-0.15, -0.1) is 0 Å². The number of benzene rings is 1. The van der Waals surface area contributed by atoms with Gasteiger partial charge < -0.3 is 10.6 Å². The molecule has 1 saturated heterocycles. The number of nitrogens with zero attached hydrogens (tertiary/aromatic N) is 2. The topological polar surface area (TPSA) is 53.0 Å². The maximum atomic E-state index is 8.77. The molecule has 1 atom stereocenters. The smallest absolute Gasteiger partial charge is 0.0670 e. The molecule has 3 heteroatoms. The summed E-state index contributed by atoms with van der Waals surface area (Å²) in [4.78, 5) is 2.40. The monoisotopic (exact) mass is 229 g/mol. The lowest BCUT2D eigenvalue weighted by Crippen LogP contribution is -2.34. The van der Waals surface area contributed by atoms with Gasteiger partial charge in [-0.1, -0.05) is 6.92 Å². The summed E-state index contributed by atoms with van der Waals surface area (Å²) < 4.78 is 0. The molecule has 90 valence electrons. The second-order valence-corrected chi connectivity index (χ2v) is 4.91. The average Bonchev–Trinajstić information content (AvgIpc) is 2.32. The summed E-state index contributed by atoms with van der Waals surface area (Å²) in [7, 11) is 0. The Hall–Kier alpha value is -1.69. The maximum Gasteiger partial charge on any atom is 0.0670 e. The summed E-state index contributed by atoms with van der Waals surface area (Å²) in [5.41, 5.74) is 8.74. The van der Waals surface area contributed by atoms with Crippen LogP contribution in [0, 0.1) is 17.2 Å². The Morgan fingerprint density at radius 2 is 2.35 bits per heavy atom. The van der Waals surface area contributed by atoms with Crippen molar-refractivity contribution in [1.29, 1.82) is 5.26 Å². The highest BCUT2D eigenvalue weighted by Gasteiger charge is 2.17. The van der Waals surface area contributed by atoms with Crippen molar-refractivity contribution in [3.8, 4) is 6.07 Å². The molecule has 0 aromatic heterocycles. The van der Waals surface area contributed by atoms with Crippen LogP contribution in [0.1, 0.15) is 25.3 Å². The predicted molar refractivity (Wildman–Crippen MR) is 70.8 cm³/mol.